The topological polar surface area (TPSA) is 72.9 Å². The standard InChI is InChI=1S/C15H20N4OS/c1-9-7-12(16)5-6-13(9)21-8-14(20)17-15-10(2)18-19(4)11(15)3/h5-7H,8,16H2,1-4H3,(H,17,20). The van der Waals surface area contributed by atoms with Crippen molar-refractivity contribution < 1.29 is 4.79 Å². The van der Waals surface area contributed by atoms with Crippen LogP contribution < -0.4 is 11.1 Å². The second kappa shape index (κ2) is 6.22. The van der Waals surface area contributed by atoms with Crippen LogP contribution >= 0.6 is 11.8 Å². The molecule has 6 heteroatoms. The number of nitrogens with one attached hydrogen (secondary N) is 1. The molecule has 0 unspecified atom stereocenters. The van der Waals surface area contributed by atoms with E-state index in [9.17, 15) is 4.79 Å². The van der Waals surface area contributed by atoms with E-state index in [2.05, 4.69) is 10.4 Å². The van der Waals surface area contributed by atoms with Crippen LogP contribution in [0.15, 0.2) is 23.1 Å². The number of hydrogen-bond donors (Lipinski definition) is 2. The first kappa shape index (κ1) is 15.4. The third-order valence-corrected chi connectivity index (χ3v) is 4.51. The molecular formula is C15H20N4OS. The van der Waals surface area contributed by atoms with Gasteiger partial charge in [-0.05, 0) is 44.5 Å². The minimum Gasteiger partial charge on any atom is -0.399 e. The van der Waals surface area contributed by atoms with Crippen LogP contribution in [0.3, 0.4) is 0 Å². The van der Waals surface area contributed by atoms with Gasteiger partial charge in [0.2, 0.25) is 5.91 Å². The van der Waals surface area contributed by atoms with Crippen LogP contribution in [0.25, 0.3) is 0 Å². The zero-order valence-corrected chi connectivity index (χ0v) is 13.5. The molecule has 1 aromatic heterocycles. The van der Waals surface area contributed by atoms with Gasteiger partial charge in [0, 0.05) is 17.6 Å². The van der Waals surface area contributed by atoms with E-state index in [4.69, 9.17) is 5.73 Å². The van der Waals surface area contributed by atoms with E-state index in [0.717, 1.165) is 33.2 Å². The van der Waals surface area contributed by atoms with Crippen LogP contribution in [0.5, 0.6) is 0 Å². The van der Waals surface area contributed by atoms with Crippen molar-refractivity contribution in [3.8, 4) is 0 Å². The second-order valence-corrected chi connectivity index (χ2v) is 6.05. The molecule has 2 rings (SSSR count). The second-order valence-electron chi connectivity index (χ2n) is 5.03. The van der Waals surface area contributed by atoms with Crippen molar-refractivity contribution >= 4 is 29.0 Å². The van der Waals surface area contributed by atoms with E-state index in [-0.39, 0.29) is 5.91 Å². The molecule has 0 radical (unpaired) electrons. The van der Waals surface area contributed by atoms with Gasteiger partial charge in [-0.25, -0.2) is 0 Å². The van der Waals surface area contributed by atoms with E-state index in [0.29, 0.717) is 5.75 Å². The predicted octanol–water partition coefficient (Wildman–Crippen LogP) is 2.66. The Morgan fingerprint density at radius 3 is 2.67 bits per heavy atom. The Morgan fingerprint density at radius 2 is 2.10 bits per heavy atom. The van der Waals surface area contributed by atoms with Crippen molar-refractivity contribution in [1.82, 2.24) is 9.78 Å². The van der Waals surface area contributed by atoms with Crippen LogP contribution in [0.1, 0.15) is 17.0 Å². The third-order valence-electron chi connectivity index (χ3n) is 3.33. The lowest BCUT2D eigenvalue weighted by atomic mass is 10.2. The van der Waals surface area contributed by atoms with E-state index in [1.54, 1.807) is 4.68 Å². The minimum absolute atomic E-state index is 0.0320. The van der Waals surface area contributed by atoms with E-state index in [1.165, 1.54) is 11.8 Å². The summed E-state index contributed by atoms with van der Waals surface area (Å²) < 4.78 is 1.77. The molecule has 0 saturated heterocycles. The Morgan fingerprint density at radius 1 is 1.38 bits per heavy atom. The number of rotatable bonds is 4. The van der Waals surface area contributed by atoms with Crippen molar-refractivity contribution in [2.45, 2.75) is 25.7 Å². The zero-order chi connectivity index (χ0) is 15.6. The molecule has 0 aliphatic rings. The lowest BCUT2D eigenvalue weighted by Gasteiger charge is -2.08. The number of nitrogen functional groups attached to an aromatic ring is 1. The molecule has 0 spiro atoms. The normalized spacial score (nSPS) is 10.7. The summed E-state index contributed by atoms with van der Waals surface area (Å²) in [5.41, 5.74) is 10.1. The fourth-order valence-corrected chi connectivity index (χ4v) is 2.92. The number of aryl methyl sites for hydroxylation is 3. The molecule has 0 aliphatic carbocycles. The van der Waals surface area contributed by atoms with Gasteiger partial charge in [-0.15, -0.1) is 11.8 Å². The molecule has 2 aromatic rings. The number of benzene rings is 1. The highest BCUT2D eigenvalue weighted by molar-refractivity contribution is 8.00. The molecule has 21 heavy (non-hydrogen) atoms. The highest BCUT2D eigenvalue weighted by Gasteiger charge is 2.13. The quantitative estimate of drug-likeness (QED) is 0.673. The van der Waals surface area contributed by atoms with E-state index < -0.39 is 0 Å². The van der Waals surface area contributed by atoms with E-state index in [1.807, 2.05) is 46.0 Å². The minimum atomic E-state index is -0.0320. The highest BCUT2D eigenvalue weighted by atomic mass is 32.2. The first-order valence-electron chi connectivity index (χ1n) is 6.67. The Hall–Kier alpha value is -1.95. The van der Waals surface area contributed by atoms with Gasteiger partial charge in [0.15, 0.2) is 0 Å². The highest BCUT2D eigenvalue weighted by Crippen LogP contribution is 2.25. The number of anilines is 2. The van der Waals surface area contributed by atoms with Crippen molar-refractivity contribution in [2.75, 3.05) is 16.8 Å². The first-order chi connectivity index (χ1) is 9.88. The number of nitrogens with two attached hydrogens (primary N) is 1. The van der Waals surface area contributed by atoms with Gasteiger partial charge in [-0.1, -0.05) is 0 Å². The molecule has 1 aromatic carbocycles. The molecule has 1 amide bonds. The van der Waals surface area contributed by atoms with Crippen LogP contribution in [0, 0.1) is 20.8 Å². The molecule has 0 saturated carbocycles. The smallest absolute Gasteiger partial charge is 0.234 e. The SMILES string of the molecule is Cc1cc(N)ccc1SCC(=O)Nc1c(C)nn(C)c1C. The maximum Gasteiger partial charge on any atom is 0.234 e. The molecule has 0 fully saturated rings. The first-order valence-corrected chi connectivity index (χ1v) is 7.66. The summed E-state index contributed by atoms with van der Waals surface area (Å²) in [4.78, 5) is 13.2. The average molecular weight is 304 g/mol. The van der Waals surface area contributed by atoms with E-state index >= 15 is 0 Å². The number of thioether (sulfide) groups is 1. The molecule has 3 N–H and O–H groups in total. The lowest BCUT2D eigenvalue weighted by molar-refractivity contribution is -0.113. The largest absolute Gasteiger partial charge is 0.399 e. The van der Waals surface area contributed by atoms with Crippen molar-refractivity contribution in [3.05, 3.63) is 35.2 Å². The molecule has 0 aliphatic heterocycles. The van der Waals surface area contributed by atoms with Crippen LogP contribution in [0.2, 0.25) is 0 Å². The molecule has 5 nitrogen and oxygen atoms in total. The molecule has 0 bridgehead atoms. The van der Waals surface area contributed by atoms with Gasteiger partial charge in [0.05, 0.1) is 22.8 Å². The maximum atomic E-state index is 12.1. The van der Waals surface area contributed by atoms with Gasteiger partial charge in [-0.2, -0.15) is 5.10 Å². The number of aromatic nitrogens is 2. The van der Waals surface area contributed by atoms with Crippen molar-refractivity contribution in [1.29, 1.82) is 0 Å². The van der Waals surface area contributed by atoms with Gasteiger partial charge in [-0.3, -0.25) is 9.48 Å². The van der Waals surface area contributed by atoms with Gasteiger partial charge < -0.3 is 11.1 Å². The van der Waals surface area contributed by atoms with Gasteiger partial charge in [0.1, 0.15) is 0 Å². The molecule has 1 heterocycles. The summed E-state index contributed by atoms with van der Waals surface area (Å²) in [7, 11) is 1.87. The van der Waals surface area contributed by atoms with Gasteiger partial charge >= 0.3 is 0 Å². The maximum absolute atomic E-state index is 12.1. The fraction of sp³-hybridized carbons (Fsp3) is 0.333. The third kappa shape index (κ3) is 3.58. The summed E-state index contributed by atoms with van der Waals surface area (Å²) in [6.07, 6.45) is 0. The average Bonchev–Trinajstić information content (AvgIpc) is 2.64. The number of hydrogen-bond acceptors (Lipinski definition) is 4. The predicted molar refractivity (Wildman–Crippen MR) is 87.6 cm³/mol. The number of amides is 1. The number of nitrogens with zero attached hydrogens (tertiary/aromatic N) is 2. The number of carbonyl (C=O) groups is 1. The van der Waals surface area contributed by atoms with Gasteiger partial charge in [0.25, 0.3) is 0 Å². The Labute approximate surface area is 128 Å². The number of carbonyl (C=O) groups excluding carboxylic acids is 1. The Balaban J connectivity index is 1.99. The monoisotopic (exact) mass is 304 g/mol. The summed E-state index contributed by atoms with van der Waals surface area (Å²) in [6, 6.07) is 5.71. The summed E-state index contributed by atoms with van der Waals surface area (Å²) in [5.74, 6) is 0.328. The summed E-state index contributed by atoms with van der Waals surface area (Å²) >= 11 is 1.51. The summed E-state index contributed by atoms with van der Waals surface area (Å²) in [5, 5.41) is 7.22. The molecular weight excluding hydrogens is 284 g/mol. The zero-order valence-electron chi connectivity index (χ0n) is 12.7. The van der Waals surface area contributed by atoms with Crippen molar-refractivity contribution in [3.63, 3.8) is 0 Å². The van der Waals surface area contributed by atoms with Crippen LogP contribution in [-0.4, -0.2) is 21.4 Å². The molecule has 112 valence electrons. The molecule has 0 atom stereocenters. The fourth-order valence-electron chi connectivity index (χ4n) is 2.11. The van der Waals surface area contributed by atoms with Crippen molar-refractivity contribution in [2.24, 2.45) is 7.05 Å². The Bertz CT molecular complexity index is 679. The lowest BCUT2D eigenvalue weighted by Crippen LogP contribution is -2.15. The summed E-state index contributed by atoms with van der Waals surface area (Å²) in [6.45, 7) is 5.82. The Kier molecular flexibility index (Phi) is 4.57. The van der Waals surface area contributed by atoms with Crippen LogP contribution in [0.4, 0.5) is 11.4 Å². The van der Waals surface area contributed by atoms with Crippen LogP contribution in [-0.2, 0) is 11.8 Å².